The second kappa shape index (κ2) is 5.21. The van der Waals surface area contributed by atoms with Gasteiger partial charge in [0, 0.05) is 4.90 Å². The summed E-state index contributed by atoms with van der Waals surface area (Å²) in [5.74, 6) is -0.336. The van der Waals surface area contributed by atoms with Gasteiger partial charge in [-0.2, -0.15) is 0 Å². The minimum absolute atomic E-state index is 0.336. The van der Waals surface area contributed by atoms with Gasteiger partial charge in [0.05, 0.1) is 5.56 Å². The van der Waals surface area contributed by atoms with Gasteiger partial charge in [0.1, 0.15) is 0 Å². The topological polar surface area (TPSA) is 43.1 Å². The third-order valence-electron chi connectivity index (χ3n) is 2.56. The van der Waals surface area contributed by atoms with Crippen LogP contribution < -0.4 is 5.73 Å². The maximum absolute atomic E-state index is 11.3. The highest BCUT2D eigenvalue weighted by Crippen LogP contribution is 2.28. The highest BCUT2D eigenvalue weighted by molar-refractivity contribution is 7.98. The highest BCUT2D eigenvalue weighted by Gasteiger charge is 2.13. The summed E-state index contributed by atoms with van der Waals surface area (Å²) in [5, 5.41) is 0. The Morgan fingerprint density at radius 2 is 2.00 bits per heavy atom. The van der Waals surface area contributed by atoms with Crippen molar-refractivity contribution in [1.29, 1.82) is 0 Å². The first-order valence-corrected chi connectivity index (χ1v) is 6.36. The zero-order chi connectivity index (χ0) is 11.4. The van der Waals surface area contributed by atoms with Gasteiger partial charge in [0.15, 0.2) is 0 Å². The van der Waals surface area contributed by atoms with Gasteiger partial charge in [-0.15, -0.1) is 11.8 Å². The number of benzene rings is 1. The van der Waals surface area contributed by atoms with Crippen LogP contribution in [0.2, 0.25) is 0 Å². The van der Waals surface area contributed by atoms with Crippen molar-refractivity contribution < 1.29 is 4.79 Å². The second-order valence-corrected chi connectivity index (χ2v) is 4.17. The molecule has 3 heteroatoms. The Kier molecular flexibility index (Phi) is 4.21. The van der Waals surface area contributed by atoms with Crippen LogP contribution in [0.5, 0.6) is 0 Å². The Morgan fingerprint density at radius 3 is 2.40 bits per heavy atom. The van der Waals surface area contributed by atoms with Crippen LogP contribution in [0.15, 0.2) is 17.0 Å². The fourth-order valence-electron chi connectivity index (χ4n) is 1.81. The standard InChI is InChI=1S/C12H17NOS/c1-4-8-6-7-10(12(13)14)11(15-3)9(8)5-2/h6-7H,4-5H2,1-3H3,(H2,13,14). The average Bonchev–Trinajstić information content (AvgIpc) is 2.26. The minimum atomic E-state index is -0.336. The molecule has 2 nitrogen and oxygen atoms in total. The number of carbonyl (C=O) groups excluding carboxylic acids is 1. The number of hydrogen-bond acceptors (Lipinski definition) is 2. The van der Waals surface area contributed by atoms with Gasteiger partial charge >= 0.3 is 0 Å². The number of rotatable bonds is 4. The van der Waals surface area contributed by atoms with E-state index in [-0.39, 0.29) is 5.91 Å². The quantitative estimate of drug-likeness (QED) is 0.797. The molecule has 0 fully saturated rings. The smallest absolute Gasteiger partial charge is 0.249 e. The molecule has 82 valence electrons. The fraction of sp³-hybridized carbons (Fsp3) is 0.417. The highest BCUT2D eigenvalue weighted by atomic mass is 32.2. The van der Waals surface area contributed by atoms with Gasteiger partial charge in [-0.1, -0.05) is 19.9 Å². The van der Waals surface area contributed by atoms with Gasteiger partial charge in [-0.25, -0.2) is 0 Å². The van der Waals surface area contributed by atoms with E-state index in [0.717, 1.165) is 17.7 Å². The molecular formula is C12H17NOS. The largest absolute Gasteiger partial charge is 0.366 e. The molecule has 0 unspecified atom stereocenters. The van der Waals surface area contributed by atoms with Crippen LogP contribution in [0.4, 0.5) is 0 Å². The molecule has 0 saturated heterocycles. The van der Waals surface area contributed by atoms with E-state index in [1.165, 1.54) is 11.1 Å². The van der Waals surface area contributed by atoms with Crippen molar-refractivity contribution in [3.63, 3.8) is 0 Å². The Balaban J connectivity index is 3.40. The van der Waals surface area contributed by atoms with E-state index in [1.54, 1.807) is 11.8 Å². The number of amides is 1. The third-order valence-corrected chi connectivity index (χ3v) is 3.44. The molecule has 0 atom stereocenters. The Labute approximate surface area is 95.2 Å². The number of aryl methyl sites for hydroxylation is 1. The lowest BCUT2D eigenvalue weighted by atomic mass is 9.99. The lowest BCUT2D eigenvalue weighted by Gasteiger charge is -2.13. The van der Waals surface area contributed by atoms with Crippen LogP contribution in [0, 0.1) is 0 Å². The Morgan fingerprint density at radius 1 is 1.33 bits per heavy atom. The van der Waals surface area contributed by atoms with Crippen LogP contribution in [-0.4, -0.2) is 12.2 Å². The van der Waals surface area contributed by atoms with E-state index in [9.17, 15) is 4.79 Å². The zero-order valence-corrected chi connectivity index (χ0v) is 10.3. The first-order valence-electron chi connectivity index (χ1n) is 5.14. The van der Waals surface area contributed by atoms with Crippen molar-refractivity contribution in [3.8, 4) is 0 Å². The first kappa shape index (κ1) is 12.1. The van der Waals surface area contributed by atoms with Gasteiger partial charge in [0.2, 0.25) is 5.91 Å². The van der Waals surface area contributed by atoms with Gasteiger partial charge in [0.25, 0.3) is 0 Å². The van der Waals surface area contributed by atoms with Gasteiger partial charge < -0.3 is 5.73 Å². The summed E-state index contributed by atoms with van der Waals surface area (Å²) in [5.41, 5.74) is 8.58. The molecule has 2 N–H and O–H groups in total. The van der Waals surface area contributed by atoms with Crippen molar-refractivity contribution in [3.05, 3.63) is 28.8 Å². The average molecular weight is 223 g/mol. The molecule has 0 bridgehead atoms. The van der Waals surface area contributed by atoms with Crippen molar-refractivity contribution >= 4 is 17.7 Å². The number of thioether (sulfide) groups is 1. The van der Waals surface area contributed by atoms with Crippen LogP contribution in [-0.2, 0) is 12.8 Å². The maximum atomic E-state index is 11.3. The molecule has 1 aromatic carbocycles. The van der Waals surface area contributed by atoms with E-state index >= 15 is 0 Å². The summed E-state index contributed by atoms with van der Waals surface area (Å²) in [6.45, 7) is 4.24. The normalized spacial score (nSPS) is 10.3. The SMILES string of the molecule is CCc1ccc(C(N)=O)c(SC)c1CC. The van der Waals surface area contributed by atoms with E-state index in [1.807, 2.05) is 18.4 Å². The molecule has 1 amide bonds. The molecule has 0 aliphatic rings. The second-order valence-electron chi connectivity index (χ2n) is 3.36. The molecular weight excluding hydrogens is 206 g/mol. The van der Waals surface area contributed by atoms with E-state index < -0.39 is 0 Å². The number of hydrogen-bond donors (Lipinski definition) is 1. The van der Waals surface area contributed by atoms with Crippen LogP contribution in [0.3, 0.4) is 0 Å². The van der Waals surface area contributed by atoms with Crippen molar-refractivity contribution in [2.75, 3.05) is 6.26 Å². The zero-order valence-electron chi connectivity index (χ0n) is 9.46. The van der Waals surface area contributed by atoms with E-state index in [0.29, 0.717) is 5.56 Å². The predicted octanol–water partition coefficient (Wildman–Crippen LogP) is 2.63. The van der Waals surface area contributed by atoms with Crippen molar-refractivity contribution in [1.82, 2.24) is 0 Å². The van der Waals surface area contributed by atoms with Gasteiger partial charge in [-0.3, -0.25) is 4.79 Å². The Bertz CT molecular complexity index is 374. The summed E-state index contributed by atoms with van der Waals surface area (Å²) in [7, 11) is 0. The summed E-state index contributed by atoms with van der Waals surface area (Å²) in [4.78, 5) is 12.3. The number of nitrogens with two attached hydrogens (primary N) is 1. The van der Waals surface area contributed by atoms with Crippen LogP contribution >= 0.6 is 11.8 Å². The lowest BCUT2D eigenvalue weighted by molar-refractivity contribution is 0.0997. The number of primary amides is 1. The molecule has 0 heterocycles. The molecule has 0 aliphatic carbocycles. The van der Waals surface area contributed by atoms with Gasteiger partial charge in [-0.05, 0) is 36.3 Å². The molecule has 0 aliphatic heterocycles. The molecule has 0 spiro atoms. The molecule has 1 aromatic rings. The van der Waals surface area contributed by atoms with E-state index in [4.69, 9.17) is 5.73 Å². The molecule has 1 rings (SSSR count). The maximum Gasteiger partial charge on any atom is 0.249 e. The fourth-order valence-corrected chi connectivity index (χ4v) is 2.73. The third kappa shape index (κ3) is 2.34. The Hall–Kier alpha value is -0.960. The van der Waals surface area contributed by atoms with Crippen LogP contribution in [0.25, 0.3) is 0 Å². The number of carbonyl (C=O) groups is 1. The molecule has 0 saturated carbocycles. The summed E-state index contributed by atoms with van der Waals surface area (Å²) in [6, 6.07) is 3.85. The molecule has 15 heavy (non-hydrogen) atoms. The summed E-state index contributed by atoms with van der Waals surface area (Å²) < 4.78 is 0. The van der Waals surface area contributed by atoms with Crippen LogP contribution in [0.1, 0.15) is 35.3 Å². The first-order chi connectivity index (χ1) is 7.15. The monoisotopic (exact) mass is 223 g/mol. The molecule has 0 aromatic heterocycles. The van der Waals surface area contributed by atoms with E-state index in [2.05, 4.69) is 13.8 Å². The van der Waals surface area contributed by atoms with Crippen molar-refractivity contribution in [2.24, 2.45) is 5.73 Å². The summed E-state index contributed by atoms with van der Waals surface area (Å²) >= 11 is 1.60. The van der Waals surface area contributed by atoms with Crippen molar-refractivity contribution in [2.45, 2.75) is 31.6 Å². The predicted molar refractivity (Wildman–Crippen MR) is 65.5 cm³/mol. The summed E-state index contributed by atoms with van der Waals surface area (Å²) in [6.07, 6.45) is 3.93. The lowest BCUT2D eigenvalue weighted by Crippen LogP contribution is -2.14. The minimum Gasteiger partial charge on any atom is -0.366 e. The molecule has 0 radical (unpaired) electrons.